The zero-order valence-corrected chi connectivity index (χ0v) is 11.0. The van der Waals surface area contributed by atoms with Gasteiger partial charge in [0.1, 0.15) is 5.69 Å². The average molecular weight is 264 g/mol. The van der Waals surface area contributed by atoms with E-state index in [1.54, 1.807) is 6.20 Å². The predicted molar refractivity (Wildman–Crippen MR) is 71.8 cm³/mol. The maximum atomic E-state index is 9.91. The fourth-order valence-corrected chi connectivity index (χ4v) is 2.34. The monoisotopic (exact) mass is 264 g/mol. The molecule has 1 aromatic rings. The Morgan fingerprint density at radius 1 is 1.63 bits per heavy atom. The SMILES string of the molecule is CC1CCN(Cc2cccnc2/C(N)=N/O)CC1O. The van der Waals surface area contributed by atoms with Crippen LogP contribution in [0.1, 0.15) is 24.6 Å². The van der Waals surface area contributed by atoms with Crippen molar-refractivity contribution in [3.05, 3.63) is 29.6 Å². The fourth-order valence-electron chi connectivity index (χ4n) is 2.34. The molecule has 2 unspecified atom stereocenters. The molecule has 0 aromatic carbocycles. The first kappa shape index (κ1) is 13.8. The van der Waals surface area contributed by atoms with E-state index in [4.69, 9.17) is 10.9 Å². The molecule has 2 heterocycles. The molecule has 1 saturated heterocycles. The highest BCUT2D eigenvalue weighted by Gasteiger charge is 2.24. The van der Waals surface area contributed by atoms with Crippen LogP contribution < -0.4 is 5.73 Å². The molecule has 1 aliphatic rings. The third-order valence-corrected chi connectivity index (χ3v) is 3.64. The minimum absolute atomic E-state index is 0.0153. The van der Waals surface area contributed by atoms with Gasteiger partial charge in [-0.1, -0.05) is 18.1 Å². The van der Waals surface area contributed by atoms with Crippen LogP contribution in [0.15, 0.2) is 23.5 Å². The van der Waals surface area contributed by atoms with Gasteiger partial charge in [0, 0.05) is 19.3 Å². The highest BCUT2D eigenvalue weighted by atomic mass is 16.4. The summed E-state index contributed by atoms with van der Waals surface area (Å²) in [6, 6.07) is 3.73. The number of hydrogen-bond acceptors (Lipinski definition) is 5. The van der Waals surface area contributed by atoms with Gasteiger partial charge in [0.05, 0.1) is 6.10 Å². The molecule has 2 rings (SSSR count). The second kappa shape index (κ2) is 5.99. The van der Waals surface area contributed by atoms with Gasteiger partial charge in [-0.05, 0) is 30.5 Å². The number of nitrogens with zero attached hydrogens (tertiary/aromatic N) is 3. The molecule has 6 nitrogen and oxygen atoms in total. The lowest BCUT2D eigenvalue weighted by molar-refractivity contribution is 0.0258. The molecule has 2 atom stereocenters. The van der Waals surface area contributed by atoms with Crippen molar-refractivity contribution >= 4 is 5.84 Å². The highest BCUT2D eigenvalue weighted by molar-refractivity contribution is 5.96. The Kier molecular flexibility index (Phi) is 4.34. The fraction of sp³-hybridized carbons (Fsp3) is 0.538. The first-order chi connectivity index (χ1) is 9.11. The van der Waals surface area contributed by atoms with Crippen molar-refractivity contribution in [2.45, 2.75) is 26.0 Å². The van der Waals surface area contributed by atoms with Crippen molar-refractivity contribution < 1.29 is 10.3 Å². The molecule has 0 bridgehead atoms. The van der Waals surface area contributed by atoms with E-state index in [1.807, 2.05) is 12.1 Å². The Bertz CT molecular complexity index is 464. The van der Waals surface area contributed by atoms with Gasteiger partial charge in [0.2, 0.25) is 0 Å². The molecule has 0 saturated carbocycles. The van der Waals surface area contributed by atoms with E-state index in [-0.39, 0.29) is 11.9 Å². The highest BCUT2D eigenvalue weighted by Crippen LogP contribution is 2.19. The molecule has 19 heavy (non-hydrogen) atoms. The van der Waals surface area contributed by atoms with Crippen molar-refractivity contribution in [3.63, 3.8) is 0 Å². The van der Waals surface area contributed by atoms with E-state index in [0.29, 0.717) is 24.7 Å². The zero-order chi connectivity index (χ0) is 13.8. The van der Waals surface area contributed by atoms with Crippen molar-refractivity contribution in [2.24, 2.45) is 16.8 Å². The number of β-amino-alcohol motifs (C(OH)–C–C–N with tert-alkyl or cyclic N) is 1. The Morgan fingerprint density at radius 2 is 2.42 bits per heavy atom. The summed E-state index contributed by atoms with van der Waals surface area (Å²) in [7, 11) is 0. The summed E-state index contributed by atoms with van der Waals surface area (Å²) < 4.78 is 0. The Hall–Kier alpha value is -1.66. The Morgan fingerprint density at radius 3 is 3.11 bits per heavy atom. The molecule has 0 amide bonds. The van der Waals surface area contributed by atoms with Crippen molar-refractivity contribution in [3.8, 4) is 0 Å². The van der Waals surface area contributed by atoms with E-state index in [0.717, 1.165) is 18.5 Å². The number of rotatable bonds is 3. The van der Waals surface area contributed by atoms with Crippen molar-refractivity contribution in [2.75, 3.05) is 13.1 Å². The van der Waals surface area contributed by atoms with Crippen LogP contribution in [0.25, 0.3) is 0 Å². The van der Waals surface area contributed by atoms with Gasteiger partial charge in [0.15, 0.2) is 5.84 Å². The summed E-state index contributed by atoms with van der Waals surface area (Å²) in [5.41, 5.74) is 7.02. The van der Waals surface area contributed by atoms with Crippen molar-refractivity contribution in [1.29, 1.82) is 0 Å². The third kappa shape index (κ3) is 3.21. The minimum atomic E-state index is -0.294. The van der Waals surface area contributed by atoms with Crippen LogP contribution in [-0.4, -0.2) is 45.2 Å². The average Bonchev–Trinajstić information content (AvgIpc) is 2.43. The van der Waals surface area contributed by atoms with Gasteiger partial charge >= 0.3 is 0 Å². The van der Waals surface area contributed by atoms with Crippen LogP contribution in [0.3, 0.4) is 0 Å². The largest absolute Gasteiger partial charge is 0.409 e. The maximum Gasteiger partial charge on any atom is 0.189 e. The third-order valence-electron chi connectivity index (χ3n) is 3.64. The first-order valence-corrected chi connectivity index (χ1v) is 6.44. The standard InChI is InChI=1S/C13H20N4O2/c1-9-4-6-17(8-11(9)18)7-10-3-2-5-15-12(10)13(14)16-19/h2-3,5,9,11,18-19H,4,6-8H2,1H3,(H2,14,16). The summed E-state index contributed by atoms with van der Waals surface area (Å²) in [5, 5.41) is 21.7. The number of aliphatic hydroxyl groups excluding tert-OH is 1. The lowest BCUT2D eigenvalue weighted by Crippen LogP contribution is -2.42. The maximum absolute atomic E-state index is 9.91. The number of piperidine rings is 1. The van der Waals surface area contributed by atoms with Crippen LogP contribution >= 0.6 is 0 Å². The predicted octanol–water partition coefficient (Wildman–Crippen LogP) is 0.379. The molecule has 0 radical (unpaired) electrons. The van der Waals surface area contributed by atoms with Crippen LogP contribution in [0.2, 0.25) is 0 Å². The van der Waals surface area contributed by atoms with Crippen LogP contribution in [0, 0.1) is 5.92 Å². The molecule has 0 aliphatic carbocycles. The summed E-state index contributed by atoms with van der Waals surface area (Å²) >= 11 is 0. The number of nitrogens with two attached hydrogens (primary N) is 1. The molecular weight excluding hydrogens is 244 g/mol. The molecule has 1 fully saturated rings. The smallest absolute Gasteiger partial charge is 0.189 e. The van der Waals surface area contributed by atoms with Gasteiger partial charge in [-0.15, -0.1) is 0 Å². The quantitative estimate of drug-likeness (QED) is 0.317. The van der Waals surface area contributed by atoms with Crippen LogP contribution in [-0.2, 0) is 6.54 Å². The van der Waals surface area contributed by atoms with Gasteiger partial charge in [-0.3, -0.25) is 9.88 Å². The first-order valence-electron chi connectivity index (χ1n) is 6.44. The number of amidine groups is 1. The minimum Gasteiger partial charge on any atom is -0.409 e. The lowest BCUT2D eigenvalue weighted by Gasteiger charge is -2.34. The van der Waals surface area contributed by atoms with Crippen LogP contribution in [0.4, 0.5) is 0 Å². The lowest BCUT2D eigenvalue weighted by atomic mass is 9.95. The van der Waals surface area contributed by atoms with E-state index >= 15 is 0 Å². The van der Waals surface area contributed by atoms with E-state index in [1.165, 1.54) is 0 Å². The molecule has 1 aliphatic heterocycles. The number of aliphatic hydroxyl groups is 1. The molecule has 1 aromatic heterocycles. The zero-order valence-electron chi connectivity index (χ0n) is 11.0. The summed E-state index contributed by atoms with van der Waals surface area (Å²) in [4.78, 5) is 6.31. The number of likely N-dealkylation sites (tertiary alicyclic amines) is 1. The molecule has 6 heteroatoms. The van der Waals surface area contributed by atoms with Gasteiger partial charge in [0.25, 0.3) is 0 Å². The number of oxime groups is 1. The van der Waals surface area contributed by atoms with E-state index in [2.05, 4.69) is 22.0 Å². The second-order valence-corrected chi connectivity index (χ2v) is 5.06. The molecular formula is C13H20N4O2. The number of hydrogen-bond donors (Lipinski definition) is 3. The van der Waals surface area contributed by atoms with Gasteiger partial charge in [-0.2, -0.15) is 0 Å². The Balaban J connectivity index is 2.11. The number of pyridine rings is 1. The molecule has 0 spiro atoms. The van der Waals surface area contributed by atoms with E-state index < -0.39 is 0 Å². The Labute approximate surface area is 112 Å². The molecule has 104 valence electrons. The van der Waals surface area contributed by atoms with Crippen LogP contribution in [0.5, 0.6) is 0 Å². The normalized spacial score (nSPS) is 25.5. The van der Waals surface area contributed by atoms with E-state index in [9.17, 15) is 5.11 Å². The van der Waals surface area contributed by atoms with Gasteiger partial charge in [-0.25, -0.2) is 0 Å². The topological polar surface area (TPSA) is 95.0 Å². The second-order valence-electron chi connectivity index (χ2n) is 5.06. The van der Waals surface area contributed by atoms with Crippen molar-refractivity contribution in [1.82, 2.24) is 9.88 Å². The van der Waals surface area contributed by atoms with Gasteiger partial charge < -0.3 is 16.0 Å². The number of aromatic nitrogens is 1. The summed E-state index contributed by atoms with van der Waals surface area (Å²) in [6.45, 7) is 4.28. The molecule has 4 N–H and O–H groups in total. The summed E-state index contributed by atoms with van der Waals surface area (Å²) in [6.07, 6.45) is 2.29. The summed E-state index contributed by atoms with van der Waals surface area (Å²) in [5.74, 6) is 0.357.